The summed E-state index contributed by atoms with van der Waals surface area (Å²) in [6, 6.07) is 7.60. The van der Waals surface area contributed by atoms with Crippen molar-refractivity contribution in [2.24, 2.45) is 16.5 Å². The lowest BCUT2D eigenvalue weighted by Gasteiger charge is -2.10. The summed E-state index contributed by atoms with van der Waals surface area (Å²) in [5, 5.41) is 9.49. The molecule has 1 rings (SSSR count). The van der Waals surface area contributed by atoms with Crippen LogP contribution in [-0.2, 0) is 0 Å². The lowest BCUT2D eigenvalue weighted by atomic mass is 10.2. The van der Waals surface area contributed by atoms with Crippen LogP contribution in [-0.4, -0.2) is 30.3 Å². The number of aliphatic hydroxyl groups is 1. The predicted octanol–water partition coefficient (Wildman–Crippen LogP) is 0.00812. The van der Waals surface area contributed by atoms with Crippen LogP contribution >= 0.6 is 0 Å². The normalized spacial score (nSPS) is 11.9. The fourth-order valence-corrected chi connectivity index (χ4v) is 1.16. The first-order valence-corrected chi connectivity index (χ1v) is 5.01. The Morgan fingerprint density at radius 1 is 1.50 bits per heavy atom. The largest absolute Gasteiger partial charge is 0.491 e. The quantitative estimate of drug-likeness (QED) is 0.484. The number of ether oxygens (including phenoxy) is 1. The Bertz CT molecular complexity index is 362. The first-order chi connectivity index (χ1) is 7.58. The van der Waals surface area contributed by atoms with E-state index in [4.69, 9.17) is 16.2 Å². The van der Waals surface area contributed by atoms with Gasteiger partial charge in [-0.2, -0.15) is 0 Å². The molecule has 0 saturated heterocycles. The second-order valence-electron chi connectivity index (χ2n) is 3.55. The Morgan fingerprint density at radius 3 is 2.88 bits per heavy atom. The van der Waals surface area contributed by atoms with Gasteiger partial charge in [0.15, 0.2) is 5.96 Å². The van der Waals surface area contributed by atoms with Gasteiger partial charge in [-0.1, -0.05) is 12.1 Å². The average Bonchev–Trinajstić information content (AvgIpc) is 2.23. The molecule has 0 aliphatic heterocycles. The Kier molecular flexibility index (Phi) is 4.60. The smallest absolute Gasteiger partial charge is 0.186 e. The number of hydrogen-bond acceptors (Lipinski definition) is 3. The summed E-state index contributed by atoms with van der Waals surface area (Å²) in [7, 11) is 0. The van der Waals surface area contributed by atoms with Crippen molar-refractivity contribution in [1.29, 1.82) is 0 Å². The van der Waals surface area contributed by atoms with Crippen molar-refractivity contribution in [3.63, 3.8) is 0 Å². The van der Waals surface area contributed by atoms with Gasteiger partial charge in [-0.05, 0) is 24.6 Å². The molecule has 0 aliphatic carbocycles. The molecule has 5 nitrogen and oxygen atoms in total. The van der Waals surface area contributed by atoms with Gasteiger partial charge in [0.05, 0.1) is 6.54 Å². The predicted molar refractivity (Wildman–Crippen MR) is 63.4 cm³/mol. The summed E-state index contributed by atoms with van der Waals surface area (Å²) in [6.07, 6.45) is -0.706. The first kappa shape index (κ1) is 12.3. The van der Waals surface area contributed by atoms with E-state index in [2.05, 4.69) is 4.99 Å². The van der Waals surface area contributed by atoms with Gasteiger partial charge in [0.2, 0.25) is 0 Å². The summed E-state index contributed by atoms with van der Waals surface area (Å²) in [5.41, 5.74) is 11.4. The van der Waals surface area contributed by atoms with Gasteiger partial charge >= 0.3 is 0 Å². The molecule has 0 saturated carbocycles. The molecule has 5 heteroatoms. The molecule has 0 aliphatic rings. The second kappa shape index (κ2) is 5.97. The highest BCUT2D eigenvalue weighted by molar-refractivity contribution is 5.75. The SMILES string of the molecule is Cc1cccc(OCC(O)CN=C(N)N)c1. The summed E-state index contributed by atoms with van der Waals surface area (Å²) < 4.78 is 5.38. The van der Waals surface area contributed by atoms with Crippen molar-refractivity contribution in [3.05, 3.63) is 29.8 Å². The summed E-state index contributed by atoms with van der Waals surface area (Å²) in [5.74, 6) is 0.693. The fraction of sp³-hybridized carbons (Fsp3) is 0.364. The van der Waals surface area contributed by atoms with Gasteiger partial charge < -0.3 is 21.3 Å². The molecular weight excluding hydrogens is 206 g/mol. The second-order valence-corrected chi connectivity index (χ2v) is 3.55. The Balaban J connectivity index is 2.37. The van der Waals surface area contributed by atoms with Crippen LogP contribution in [0.5, 0.6) is 5.75 Å². The van der Waals surface area contributed by atoms with Gasteiger partial charge in [-0.3, -0.25) is 4.99 Å². The number of guanidine groups is 1. The molecule has 0 bridgehead atoms. The fourth-order valence-electron chi connectivity index (χ4n) is 1.16. The van der Waals surface area contributed by atoms with Crippen LogP contribution in [0.3, 0.4) is 0 Å². The lowest BCUT2D eigenvalue weighted by Crippen LogP contribution is -2.27. The van der Waals surface area contributed by atoms with Crippen LogP contribution in [0.1, 0.15) is 5.56 Å². The standard InChI is InChI=1S/C11H17N3O2/c1-8-3-2-4-10(5-8)16-7-9(15)6-14-11(12)13/h2-5,9,15H,6-7H2,1H3,(H4,12,13,14). The van der Waals surface area contributed by atoms with Crippen molar-refractivity contribution >= 4 is 5.96 Å². The molecule has 1 unspecified atom stereocenters. The maximum atomic E-state index is 9.49. The zero-order chi connectivity index (χ0) is 12.0. The minimum absolute atomic E-state index is 0.0328. The number of aryl methyl sites for hydroxylation is 1. The number of nitrogens with zero attached hydrogens (tertiary/aromatic N) is 1. The number of aliphatic hydroxyl groups excluding tert-OH is 1. The molecule has 0 aromatic heterocycles. The number of aliphatic imine (C=N–C) groups is 1. The van der Waals surface area contributed by atoms with Crippen molar-refractivity contribution in [1.82, 2.24) is 0 Å². The van der Waals surface area contributed by atoms with Crippen molar-refractivity contribution in [3.8, 4) is 5.75 Å². The van der Waals surface area contributed by atoms with Gasteiger partial charge in [0.1, 0.15) is 18.5 Å². The van der Waals surface area contributed by atoms with Gasteiger partial charge in [-0.15, -0.1) is 0 Å². The Hall–Kier alpha value is -1.75. The molecule has 0 spiro atoms. The maximum Gasteiger partial charge on any atom is 0.186 e. The van der Waals surface area contributed by atoms with E-state index in [0.717, 1.165) is 11.3 Å². The van der Waals surface area contributed by atoms with E-state index in [9.17, 15) is 5.11 Å². The third-order valence-corrected chi connectivity index (χ3v) is 1.92. The maximum absolute atomic E-state index is 9.49. The van der Waals surface area contributed by atoms with Crippen LogP contribution in [0, 0.1) is 6.92 Å². The number of nitrogens with two attached hydrogens (primary N) is 2. The molecule has 16 heavy (non-hydrogen) atoms. The lowest BCUT2D eigenvalue weighted by molar-refractivity contribution is 0.114. The van der Waals surface area contributed by atoms with E-state index in [-0.39, 0.29) is 19.1 Å². The van der Waals surface area contributed by atoms with E-state index in [0.29, 0.717) is 0 Å². The third kappa shape index (κ3) is 4.65. The zero-order valence-corrected chi connectivity index (χ0v) is 9.26. The average molecular weight is 223 g/mol. The molecule has 1 atom stereocenters. The zero-order valence-electron chi connectivity index (χ0n) is 9.26. The van der Waals surface area contributed by atoms with Crippen LogP contribution in [0.25, 0.3) is 0 Å². The minimum Gasteiger partial charge on any atom is -0.491 e. The number of benzene rings is 1. The molecule has 1 aromatic carbocycles. The van der Waals surface area contributed by atoms with Crippen LogP contribution < -0.4 is 16.2 Å². The molecule has 0 fully saturated rings. The van der Waals surface area contributed by atoms with Gasteiger partial charge in [-0.25, -0.2) is 0 Å². The summed E-state index contributed by atoms with van der Waals surface area (Å²) >= 11 is 0. The monoisotopic (exact) mass is 223 g/mol. The molecular formula is C11H17N3O2. The van der Waals surface area contributed by atoms with Crippen molar-refractivity contribution < 1.29 is 9.84 Å². The summed E-state index contributed by atoms with van der Waals surface area (Å²) in [4.78, 5) is 3.70. The highest BCUT2D eigenvalue weighted by atomic mass is 16.5. The Morgan fingerprint density at radius 2 is 2.25 bits per heavy atom. The topological polar surface area (TPSA) is 93.9 Å². The molecule has 88 valence electrons. The van der Waals surface area contributed by atoms with E-state index in [1.54, 1.807) is 0 Å². The highest BCUT2D eigenvalue weighted by Crippen LogP contribution is 2.12. The Labute approximate surface area is 94.7 Å². The molecule has 1 aromatic rings. The van der Waals surface area contributed by atoms with E-state index in [1.165, 1.54) is 0 Å². The van der Waals surface area contributed by atoms with Crippen LogP contribution in [0.4, 0.5) is 0 Å². The third-order valence-electron chi connectivity index (χ3n) is 1.92. The summed E-state index contributed by atoms with van der Waals surface area (Å²) in [6.45, 7) is 2.29. The van der Waals surface area contributed by atoms with Crippen molar-refractivity contribution in [2.75, 3.05) is 13.2 Å². The van der Waals surface area contributed by atoms with Crippen LogP contribution in [0.2, 0.25) is 0 Å². The number of rotatable bonds is 5. The molecule has 0 amide bonds. The first-order valence-electron chi connectivity index (χ1n) is 5.01. The van der Waals surface area contributed by atoms with E-state index >= 15 is 0 Å². The molecule has 0 radical (unpaired) electrons. The van der Waals surface area contributed by atoms with Crippen LogP contribution in [0.15, 0.2) is 29.3 Å². The van der Waals surface area contributed by atoms with E-state index in [1.807, 2.05) is 31.2 Å². The highest BCUT2D eigenvalue weighted by Gasteiger charge is 2.04. The van der Waals surface area contributed by atoms with Gasteiger partial charge in [0, 0.05) is 0 Å². The number of hydrogen-bond donors (Lipinski definition) is 3. The van der Waals surface area contributed by atoms with Crippen molar-refractivity contribution in [2.45, 2.75) is 13.0 Å². The van der Waals surface area contributed by atoms with E-state index < -0.39 is 6.10 Å². The van der Waals surface area contributed by atoms with Gasteiger partial charge in [0.25, 0.3) is 0 Å². The molecule has 5 N–H and O–H groups in total. The molecule has 0 heterocycles. The minimum atomic E-state index is -0.706.